The molecule has 1 saturated carbocycles. The van der Waals surface area contributed by atoms with E-state index in [1.54, 1.807) is 6.20 Å². The molecule has 1 saturated heterocycles. The van der Waals surface area contributed by atoms with Crippen LogP contribution in [0, 0.1) is 12.8 Å². The average Bonchev–Trinajstić information content (AvgIpc) is 3.26. The van der Waals surface area contributed by atoms with Crippen LogP contribution in [0.2, 0.25) is 0 Å². The molecule has 5 rings (SSSR count). The predicted molar refractivity (Wildman–Crippen MR) is 122 cm³/mol. The van der Waals surface area contributed by atoms with E-state index in [-0.39, 0.29) is 11.8 Å². The molecule has 0 radical (unpaired) electrons. The third-order valence-electron chi connectivity index (χ3n) is 6.60. The number of aromatic nitrogens is 3. The molecule has 3 heterocycles. The Kier molecular flexibility index (Phi) is 5.88. The number of piperidine rings is 1. The van der Waals surface area contributed by atoms with Crippen LogP contribution in [0.1, 0.15) is 55.0 Å². The summed E-state index contributed by atoms with van der Waals surface area (Å²) in [6, 6.07) is 12.1. The molecule has 0 bridgehead atoms. The lowest BCUT2D eigenvalue weighted by Crippen LogP contribution is -2.43. The highest BCUT2D eigenvalue weighted by molar-refractivity contribution is 5.80. The highest BCUT2D eigenvalue weighted by atomic mass is 16.5. The highest BCUT2D eigenvalue weighted by Crippen LogP contribution is 2.37. The van der Waals surface area contributed by atoms with Crippen LogP contribution >= 0.6 is 0 Å². The SMILES string of the molecule is Cc1ccc(CNC(=O)C2CCCN(c3ncccc3-c3noc(C4CCC4)n3)C2)cc1. The van der Waals surface area contributed by atoms with Crippen molar-refractivity contribution in [3.63, 3.8) is 0 Å². The van der Waals surface area contributed by atoms with Crippen molar-refractivity contribution in [2.45, 2.75) is 51.5 Å². The monoisotopic (exact) mass is 431 g/mol. The van der Waals surface area contributed by atoms with Gasteiger partial charge < -0.3 is 14.7 Å². The van der Waals surface area contributed by atoms with E-state index in [9.17, 15) is 4.79 Å². The number of benzene rings is 1. The molecule has 1 aromatic carbocycles. The zero-order chi connectivity index (χ0) is 21.9. The Hall–Kier alpha value is -3.22. The second-order valence-corrected chi connectivity index (χ2v) is 8.95. The second kappa shape index (κ2) is 9.10. The molecule has 1 N–H and O–H groups in total. The lowest BCUT2D eigenvalue weighted by molar-refractivity contribution is -0.125. The van der Waals surface area contributed by atoms with Crippen LogP contribution in [0.3, 0.4) is 0 Å². The fourth-order valence-corrected chi connectivity index (χ4v) is 4.41. The maximum absolute atomic E-state index is 12.9. The Morgan fingerprint density at radius 3 is 2.78 bits per heavy atom. The molecule has 1 unspecified atom stereocenters. The number of hydrogen-bond donors (Lipinski definition) is 1. The fraction of sp³-hybridized carbons (Fsp3) is 0.440. The maximum atomic E-state index is 12.9. The molecule has 166 valence electrons. The smallest absolute Gasteiger partial charge is 0.230 e. The van der Waals surface area contributed by atoms with Crippen LogP contribution in [0.25, 0.3) is 11.4 Å². The van der Waals surface area contributed by atoms with Crippen molar-refractivity contribution in [3.8, 4) is 11.4 Å². The van der Waals surface area contributed by atoms with Crippen molar-refractivity contribution in [2.24, 2.45) is 5.92 Å². The van der Waals surface area contributed by atoms with E-state index in [0.717, 1.165) is 55.1 Å². The molecule has 7 nitrogen and oxygen atoms in total. The molecule has 2 aliphatic rings. The van der Waals surface area contributed by atoms with E-state index in [1.165, 1.54) is 12.0 Å². The summed E-state index contributed by atoms with van der Waals surface area (Å²) in [7, 11) is 0. The minimum Gasteiger partial charge on any atom is -0.355 e. The summed E-state index contributed by atoms with van der Waals surface area (Å²) >= 11 is 0. The van der Waals surface area contributed by atoms with E-state index in [2.05, 4.69) is 56.5 Å². The molecular weight excluding hydrogens is 402 g/mol. The van der Waals surface area contributed by atoms with Crippen LogP contribution in [0.4, 0.5) is 5.82 Å². The van der Waals surface area contributed by atoms with Crippen molar-refractivity contribution in [1.29, 1.82) is 0 Å². The zero-order valence-corrected chi connectivity index (χ0v) is 18.5. The number of nitrogens with zero attached hydrogens (tertiary/aromatic N) is 4. The summed E-state index contributed by atoms with van der Waals surface area (Å²) in [6.45, 7) is 4.11. The van der Waals surface area contributed by atoms with Gasteiger partial charge in [0, 0.05) is 31.7 Å². The van der Waals surface area contributed by atoms with E-state index in [0.29, 0.717) is 24.8 Å². The van der Waals surface area contributed by atoms with Gasteiger partial charge in [0.2, 0.25) is 17.6 Å². The first kappa shape index (κ1) is 20.7. The third kappa shape index (κ3) is 4.38. The Morgan fingerprint density at radius 2 is 2.00 bits per heavy atom. The first-order valence-corrected chi connectivity index (χ1v) is 11.5. The molecular formula is C25H29N5O2. The number of carbonyl (C=O) groups is 1. The molecule has 1 aliphatic heterocycles. The van der Waals surface area contributed by atoms with Gasteiger partial charge in [0.15, 0.2) is 0 Å². The number of amides is 1. The Bertz CT molecular complexity index is 1070. The van der Waals surface area contributed by atoms with Crippen LogP contribution in [0.15, 0.2) is 47.1 Å². The van der Waals surface area contributed by atoms with Gasteiger partial charge in [-0.1, -0.05) is 41.4 Å². The standard InChI is InChI=1S/C25H29N5O2/c1-17-9-11-18(12-10-17)15-27-24(31)20-7-4-14-30(16-20)23-21(8-3-13-26-23)22-28-25(32-29-22)19-5-2-6-19/h3,8-13,19-20H,2,4-7,14-16H2,1H3,(H,27,31). The third-order valence-corrected chi connectivity index (χ3v) is 6.60. The van der Waals surface area contributed by atoms with E-state index in [1.807, 2.05) is 12.1 Å². The molecule has 1 amide bonds. The van der Waals surface area contributed by atoms with Crippen molar-refractivity contribution in [3.05, 3.63) is 59.6 Å². The molecule has 2 aromatic heterocycles. The van der Waals surface area contributed by atoms with E-state index < -0.39 is 0 Å². The van der Waals surface area contributed by atoms with Crippen molar-refractivity contribution >= 4 is 11.7 Å². The Labute approximate surface area is 188 Å². The van der Waals surface area contributed by atoms with Gasteiger partial charge in [-0.25, -0.2) is 4.98 Å². The minimum absolute atomic E-state index is 0.0696. The first-order chi connectivity index (χ1) is 15.7. The normalized spacial score (nSPS) is 18.9. The van der Waals surface area contributed by atoms with Gasteiger partial charge in [0.25, 0.3) is 0 Å². The van der Waals surface area contributed by atoms with Gasteiger partial charge >= 0.3 is 0 Å². The number of rotatable bonds is 6. The Morgan fingerprint density at radius 1 is 1.16 bits per heavy atom. The van der Waals surface area contributed by atoms with Gasteiger partial charge in [-0.2, -0.15) is 4.98 Å². The number of hydrogen-bond acceptors (Lipinski definition) is 6. The number of pyridine rings is 1. The molecule has 0 spiro atoms. The molecule has 3 aromatic rings. The molecule has 1 atom stereocenters. The largest absolute Gasteiger partial charge is 0.355 e. The molecule has 2 fully saturated rings. The number of anilines is 1. The van der Waals surface area contributed by atoms with Crippen LogP contribution < -0.4 is 10.2 Å². The van der Waals surface area contributed by atoms with E-state index in [4.69, 9.17) is 4.52 Å². The summed E-state index contributed by atoms with van der Waals surface area (Å²) in [4.78, 5) is 24.4. The van der Waals surface area contributed by atoms with Gasteiger partial charge in [0.1, 0.15) is 5.82 Å². The second-order valence-electron chi connectivity index (χ2n) is 8.95. The van der Waals surface area contributed by atoms with Crippen LogP contribution in [-0.4, -0.2) is 34.1 Å². The summed E-state index contributed by atoms with van der Waals surface area (Å²) < 4.78 is 5.53. The summed E-state index contributed by atoms with van der Waals surface area (Å²) in [5.41, 5.74) is 3.20. The summed E-state index contributed by atoms with van der Waals surface area (Å²) in [5.74, 6) is 2.56. The van der Waals surface area contributed by atoms with Crippen LogP contribution in [-0.2, 0) is 11.3 Å². The topological polar surface area (TPSA) is 84.2 Å². The maximum Gasteiger partial charge on any atom is 0.230 e. The quantitative estimate of drug-likeness (QED) is 0.628. The number of nitrogens with one attached hydrogen (secondary N) is 1. The Balaban J connectivity index is 1.27. The number of aryl methyl sites for hydroxylation is 1. The van der Waals surface area contributed by atoms with Crippen molar-refractivity contribution in [2.75, 3.05) is 18.0 Å². The number of carbonyl (C=O) groups excluding carboxylic acids is 1. The lowest BCUT2D eigenvalue weighted by atomic mass is 9.85. The highest BCUT2D eigenvalue weighted by Gasteiger charge is 2.30. The predicted octanol–water partition coefficient (Wildman–Crippen LogP) is 4.24. The van der Waals surface area contributed by atoms with Gasteiger partial charge in [-0.05, 0) is 50.3 Å². The average molecular weight is 432 g/mol. The van der Waals surface area contributed by atoms with Crippen molar-refractivity contribution in [1.82, 2.24) is 20.4 Å². The van der Waals surface area contributed by atoms with Gasteiger partial charge in [0.05, 0.1) is 11.5 Å². The fourth-order valence-electron chi connectivity index (χ4n) is 4.41. The lowest BCUT2D eigenvalue weighted by Gasteiger charge is -2.33. The summed E-state index contributed by atoms with van der Waals surface area (Å²) in [6.07, 6.45) is 7.07. The molecule has 1 aliphatic carbocycles. The van der Waals surface area contributed by atoms with Gasteiger partial charge in [-0.3, -0.25) is 4.79 Å². The van der Waals surface area contributed by atoms with Crippen molar-refractivity contribution < 1.29 is 9.32 Å². The molecule has 7 heteroatoms. The summed E-state index contributed by atoms with van der Waals surface area (Å²) in [5, 5.41) is 7.35. The minimum atomic E-state index is -0.0696. The molecule has 32 heavy (non-hydrogen) atoms. The zero-order valence-electron chi connectivity index (χ0n) is 18.5. The first-order valence-electron chi connectivity index (χ1n) is 11.5. The van der Waals surface area contributed by atoms with E-state index >= 15 is 0 Å². The van der Waals surface area contributed by atoms with Crippen LogP contribution in [0.5, 0.6) is 0 Å². The van der Waals surface area contributed by atoms with Gasteiger partial charge in [-0.15, -0.1) is 0 Å².